The van der Waals surface area contributed by atoms with E-state index in [1.165, 1.54) is 4.90 Å². The molecule has 0 saturated carbocycles. The monoisotopic (exact) mass is 351 g/mol. The van der Waals surface area contributed by atoms with Gasteiger partial charge in [-0.15, -0.1) is 0 Å². The Kier molecular flexibility index (Phi) is 8.21. The lowest BCUT2D eigenvalue weighted by molar-refractivity contribution is -0.133. The second-order valence-corrected chi connectivity index (χ2v) is 5.90. The fourth-order valence-corrected chi connectivity index (χ4v) is 2.26. The van der Waals surface area contributed by atoms with E-state index >= 15 is 0 Å². The third-order valence-electron chi connectivity index (χ3n) is 3.68. The minimum atomic E-state index is -0.375. The number of likely N-dealkylation sites (N-methyl/N-ethyl adjacent to an activating group) is 2. The summed E-state index contributed by atoms with van der Waals surface area (Å²) >= 11 is 0. The highest BCUT2D eigenvalue weighted by Crippen LogP contribution is 2.30. The van der Waals surface area contributed by atoms with Gasteiger partial charge in [0.2, 0.25) is 11.8 Å². The molecule has 7 nitrogen and oxygen atoms in total. The van der Waals surface area contributed by atoms with E-state index in [9.17, 15) is 9.59 Å². The number of benzene rings is 1. The van der Waals surface area contributed by atoms with E-state index in [0.717, 1.165) is 0 Å². The van der Waals surface area contributed by atoms with Crippen molar-refractivity contribution in [1.29, 1.82) is 0 Å². The first-order valence-corrected chi connectivity index (χ1v) is 8.41. The van der Waals surface area contributed by atoms with Crippen LogP contribution in [0.5, 0.6) is 11.5 Å². The molecule has 0 radical (unpaired) electrons. The fraction of sp³-hybridized carbons (Fsp3) is 0.556. The number of carbonyl (C=O) groups is 2. The smallest absolute Gasteiger partial charge is 0.239 e. The van der Waals surface area contributed by atoms with Crippen molar-refractivity contribution >= 4 is 17.5 Å². The van der Waals surface area contributed by atoms with Crippen LogP contribution >= 0.6 is 0 Å². The van der Waals surface area contributed by atoms with Crippen molar-refractivity contribution in [3.05, 3.63) is 18.2 Å². The predicted octanol–water partition coefficient (Wildman–Crippen LogP) is 1.83. The van der Waals surface area contributed by atoms with Crippen LogP contribution in [-0.2, 0) is 9.59 Å². The second kappa shape index (κ2) is 9.88. The molecule has 0 aromatic heterocycles. The van der Waals surface area contributed by atoms with Crippen molar-refractivity contribution in [2.24, 2.45) is 0 Å². The highest BCUT2D eigenvalue weighted by atomic mass is 16.5. The normalized spacial score (nSPS) is 11.8. The van der Waals surface area contributed by atoms with Gasteiger partial charge in [-0.05, 0) is 40.0 Å². The summed E-state index contributed by atoms with van der Waals surface area (Å²) in [6.07, 6.45) is 0. The Morgan fingerprint density at radius 3 is 2.24 bits per heavy atom. The van der Waals surface area contributed by atoms with E-state index in [4.69, 9.17) is 9.47 Å². The molecule has 0 spiro atoms. The highest BCUT2D eigenvalue weighted by molar-refractivity contribution is 5.93. The molecule has 140 valence electrons. The van der Waals surface area contributed by atoms with E-state index in [0.29, 0.717) is 30.4 Å². The lowest BCUT2D eigenvalue weighted by Gasteiger charge is -2.25. The summed E-state index contributed by atoms with van der Waals surface area (Å²) in [6.45, 7) is 6.72. The number of rotatable bonds is 9. The molecule has 1 aromatic rings. The van der Waals surface area contributed by atoms with Gasteiger partial charge in [0.1, 0.15) is 0 Å². The van der Waals surface area contributed by atoms with Gasteiger partial charge >= 0.3 is 0 Å². The molecule has 0 aliphatic heterocycles. The number of hydrogen-bond donors (Lipinski definition) is 1. The Morgan fingerprint density at radius 1 is 1.08 bits per heavy atom. The summed E-state index contributed by atoms with van der Waals surface area (Å²) in [4.78, 5) is 27.4. The molecule has 7 heteroatoms. The zero-order chi connectivity index (χ0) is 19.0. The molecular weight excluding hydrogens is 322 g/mol. The number of carbonyl (C=O) groups excluding carboxylic acids is 2. The molecule has 0 fully saturated rings. The molecular formula is C18H29N3O4. The Balaban J connectivity index is 2.73. The molecule has 1 rings (SSSR count). The van der Waals surface area contributed by atoms with Crippen molar-refractivity contribution in [3.8, 4) is 11.5 Å². The van der Waals surface area contributed by atoms with Crippen LogP contribution in [0.3, 0.4) is 0 Å². The zero-order valence-corrected chi connectivity index (χ0v) is 16.0. The molecule has 0 bridgehead atoms. The van der Waals surface area contributed by atoms with Crippen LogP contribution in [0, 0.1) is 0 Å². The highest BCUT2D eigenvalue weighted by Gasteiger charge is 2.21. The summed E-state index contributed by atoms with van der Waals surface area (Å²) in [5, 5.41) is 2.82. The Hall–Kier alpha value is -2.28. The summed E-state index contributed by atoms with van der Waals surface area (Å²) in [5.74, 6) is 0.985. The average molecular weight is 351 g/mol. The number of nitrogens with zero attached hydrogens (tertiary/aromatic N) is 2. The van der Waals surface area contributed by atoms with Gasteiger partial charge in [0.25, 0.3) is 0 Å². The van der Waals surface area contributed by atoms with Crippen LogP contribution in [-0.4, -0.2) is 68.6 Å². The Labute approximate surface area is 149 Å². The lowest BCUT2D eigenvalue weighted by Crippen LogP contribution is -2.45. The van der Waals surface area contributed by atoms with Gasteiger partial charge < -0.3 is 19.7 Å². The first-order valence-electron chi connectivity index (χ1n) is 8.41. The molecule has 0 aliphatic carbocycles. The molecule has 1 atom stereocenters. The Morgan fingerprint density at radius 2 is 1.68 bits per heavy atom. The minimum absolute atomic E-state index is 0.0463. The van der Waals surface area contributed by atoms with Crippen molar-refractivity contribution in [3.63, 3.8) is 0 Å². The van der Waals surface area contributed by atoms with Gasteiger partial charge in [0.15, 0.2) is 11.5 Å². The van der Waals surface area contributed by atoms with Crippen molar-refractivity contribution in [1.82, 2.24) is 9.80 Å². The maximum atomic E-state index is 12.2. The van der Waals surface area contributed by atoms with Gasteiger partial charge in [-0.2, -0.15) is 0 Å². The molecule has 0 aliphatic rings. The summed E-state index contributed by atoms with van der Waals surface area (Å²) < 4.78 is 11.1. The molecule has 1 aromatic carbocycles. The maximum Gasteiger partial charge on any atom is 0.239 e. The van der Waals surface area contributed by atoms with Crippen LogP contribution in [0.15, 0.2) is 18.2 Å². The second-order valence-electron chi connectivity index (χ2n) is 5.90. The van der Waals surface area contributed by atoms with Gasteiger partial charge in [-0.3, -0.25) is 14.5 Å². The third kappa shape index (κ3) is 6.26. The number of amides is 2. The fourth-order valence-electron chi connectivity index (χ4n) is 2.26. The van der Waals surface area contributed by atoms with E-state index < -0.39 is 0 Å². The number of hydrogen-bond acceptors (Lipinski definition) is 5. The number of nitrogens with one attached hydrogen (secondary N) is 1. The Bertz CT molecular complexity index is 590. The standard InChI is InChI=1S/C18H29N3O4/c1-7-24-15-10-9-14(11-16(15)25-8-2)19-17(22)12-21(6)13(3)18(23)20(4)5/h9-11,13H,7-8,12H2,1-6H3,(H,19,22)/t13-/m1/s1. The van der Waals surface area contributed by atoms with Gasteiger partial charge in [0, 0.05) is 25.8 Å². The van der Waals surface area contributed by atoms with E-state index in [1.54, 1.807) is 51.2 Å². The topological polar surface area (TPSA) is 71.1 Å². The van der Waals surface area contributed by atoms with E-state index in [2.05, 4.69) is 5.32 Å². The lowest BCUT2D eigenvalue weighted by atomic mass is 10.2. The van der Waals surface area contributed by atoms with Gasteiger partial charge in [-0.1, -0.05) is 0 Å². The summed E-state index contributed by atoms with van der Waals surface area (Å²) in [5.41, 5.74) is 0.622. The molecule has 25 heavy (non-hydrogen) atoms. The van der Waals surface area contributed by atoms with Crippen LogP contribution in [0.4, 0.5) is 5.69 Å². The quantitative estimate of drug-likeness (QED) is 0.735. The summed E-state index contributed by atoms with van der Waals surface area (Å²) in [7, 11) is 5.14. The van der Waals surface area contributed by atoms with E-state index in [-0.39, 0.29) is 24.4 Å². The third-order valence-corrected chi connectivity index (χ3v) is 3.68. The first kappa shape index (κ1) is 20.8. The maximum absolute atomic E-state index is 12.2. The molecule has 0 heterocycles. The van der Waals surface area contributed by atoms with Crippen LogP contribution in [0.2, 0.25) is 0 Å². The van der Waals surface area contributed by atoms with Crippen molar-refractivity contribution in [2.45, 2.75) is 26.8 Å². The zero-order valence-electron chi connectivity index (χ0n) is 16.0. The predicted molar refractivity (Wildman–Crippen MR) is 98.2 cm³/mol. The van der Waals surface area contributed by atoms with Crippen LogP contribution in [0.25, 0.3) is 0 Å². The number of anilines is 1. The van der Waals surface area contributed by atoms with Crippen LogP contribution in [0.1, 0.15) is 20.8 Å². The number of ether oxygens (including phenoxy) is 2. The first-order chi connectivity index (χ1) is 11.8. The molecule has 2 amide bonds. The van der Waals surface area contributed by atoms with E-state index in [1.807, 2.05) is 13.8 Å². The SMILES string of the molecule is CCOc1ccc(NC(=O)CN(C)[C@H](C)C(=O)N(C)C)cc1OCC. The minimum Gasteiger partial charge on any atom is -0.490 e. The van der Waals surface area contributed by atoms with Crippen LogP contribution < -0.4 is 14.8 Å². The van der Waals surface area contributed by atoms with Crippen molar-refractivity contribution in [2.75, 3.05) is 46.2 Å². The van der Waals surface area contributed by atoms with Gasteiger partial charge in [0.05, 0.1) is 25.8 Å². The largest absolute Gasteiger partial charge is 0.490 e. The molecule has 1 N–H and O–H groups in total. The molecule has 0 saturated heterocycles. The summed E-state index contributed by atoms with van der Waals surface area (Å²) in [6, 6.07) is 4.90. The van der Waals surface area contributed by atoms with Crippen molar-refractivity contribution < 1.29 is 19.1 Å². The molecule has 0 unspecified atom stereocenters. The van der Waals surface area contributed by atoms with Gasteiger partial charge in [-0.25, -0.2) is 0 Å². The average Bonchev–Trinajstić information content (AvgIpc) is 2.55.